The van der Waals surface area contributed by atoms with E-state index in [9.17, 15) is 27.6 Å². The van der Waals surface area contributed by atoms with Crippen LogP contribution < -0.4 is 11.1 Å². The van der Waals surface area contributed by atoms with Gasteiger partial charge >= 0.3 is 18.1 Å². The van der Waals surface area contributed by atoms with Gasteiger partial charge in [0.1, 0.15) is 12.6 Å². The second-order valence-corrected chi connectivity index (χ2v) is 9.76. The van der Waals surface area contributed by atoms with E-state index in [1.807, 2.05) is 0 Å². The zero-order chi connectivity index (χ0) is 32.1. The molecule has 0 saturated carbocycles. The summed E-state index contributed by atoms with van der Waals surface area (Å²) >= 11 is 0. The van der Waals surface area contributed by atoms with E-state index in [-0.39, 0.29) is 36.2 Å². The highest BCUT2D eigenvalue weighted by molar-refractivity contribution is 6.05. The van der Waals surface area contributed by atoms with Gasteiger partial charge in [-0.25, -0.2) is 14.6 Å². The summed E-state index contributed by atoms with van der Waals surface area (Å²) in [6.45, 7) is 0.317. The molecule has 0 radical (unpaired) electrons. The van der Waals surface area contributed by atoms with Crippen LogP contribution in [0.15, 0.2) is 97.3 Å². The normalized spacial score (nSPS) is 11.3. The number of esters is 2. The Hall–Kier alpha value is -5.82. The molecule has 5 aromatic rings. The number of fused-ring (bicyclic) bond motifs is 1. The van der Waals surface area contributed by atoms with Crippen molar-refractivity contribution in [1.29, 1.82) is 5.41 Å². The fourth-order valence-corrected chi connectivity index (χ4v) is 4.39. The molecule has 1 heterocycles. The number of alkyl halides is 3. The van der Waals surface area contributed by atoms with E-state index in [2.05, 4.69) is 15.0 Å². The Balaban J connectivity index is 1.23. The zero-order valence-electron chi connectivity index (χ0n) is 23.3. The lowest BCUT2D eigenvalue weighted by molar-refractivity contribution is -0.193. The van der Waals surface area contributed by atoms with Crippen LogP contribution in [0.2, 0.25) is 0 Å². The Bertz CT molecular complexity index is 1900. The maximum absolute atomic E-state index is 12.6. The van der Waals surface area contributed by atoms with Crippen LogP contribution >= 0.6 is 0 Å². The number of halogens is 3. The van der Waals surface area contributed by atoms with Gasteiger partial charge in [-0.15, -0.1) is 0 Å². The van der Waals surface area contributed by atoms with Crippen molar-refractivity contribution in [2.24, 2.45) is 5.73 Å². The number of anilines is 1. The number of hydrogen-bond acceptors (Lipinski definition) is 7. The predicted octanol–water partition coefficient (Wildman–Crippen LogP) is 5.66. The molecular weight excluding hydrogens is 591 g/mol. The second kappa shape index (κ2) is 12.8. The Morgan fingerprint density at radius 2 is 1.60 bits per heavy atom. The third-order valence-electron chi connectivity index (χ3n) is 6.66. The quantitative estimate of drug-likeness (QED) is 0.0838. The molecule has 0 aliphatic carbocycles. The minimum absolute atomic E-state index is 0.0632. The van der Waals surface area contributed by atoms with Gasteiger partial charge < -0.3 is 25.1 Å². The maximum Gasteiger partial charge on any atom is 0.491 e. The minimum Gasteiger partial charge on any atom is -0.384 e. The largest absolute Gasteiger partial charge is 0.491 e. The average molecular weight is 616 g/mol. The molecule has 0 atom stereocenters. The number of rotatable bonds is 9. The lowest BCUT2D eigenvalue weighted by Crippen LogP contribution is -2.28. The van der Waals surface area contributed by atoms with E-state index in [4.69, 9.17) is 15.9 Å². The number of amides is 1. The molecule has 0 fully saturated rings. The number of nitrogens with one attached hydrogen (secondary N) is 2. The molecule has 0 aliphatic heterocycles. The number of ether oxygens (including phenoxy) is 2. The highest BCUT2D eigenvalue weighted by atomic mass is 19.4. The molecule has 228 valence electrons. The van der Waals surface area contributed by atoms with E-state index in [0.29, 0.717) is 33.4 Å². The van der Waals surface area contributed by atoms with Gasteiger partial charge in [0.15, 0.2) is 0 Å². The first kappa shape index (κ1) is 30.6. The summed E-state index contributed by atoms with van der Waals surface area (Å²) in [5, 5.41) is 10.2. The number of amidine groups is 1. The van der Waals surface area contributed by atoms with Crippen molar-refractivity contribution in [1.82, 2.24) is 9.55 Å². The molecule has 1 amide bonds. The molecule has 4 N–H and O–H groups in total. The Kier molecular flexibility index (Phi) is 8.72. The predicted molar refractivity (Wildman–Crippen MR) is 158 cm³/mol. The maximum atomic E-state index is 12.6. The molecule has 4 aromatic carbocycles. The number of imidazole rings is 1. The third kappa shape index (κ3) is 7.22. The van der Waals surface area contributed by atoms with Crippen molar-refractivity contribution >= 4 is 40.4 Å². The molecule has 0 bridgehead atoms. The Labute approximate surface area is 253 Å². The van der Waals surface area contributed by atoms with Crippen molar-refractivity contribution in [2.45, 2.75) is 19.5 Å². The van der Waals surface area contributed by atoms with Crippen molar-refractivity contribution in [3.63, 3.8) is 0 Å². The van der Waals surface area contributed by atoms with Gasteiger partial charge in [-0.05, 0) is 71.3 Å². The number of nitrogen functional groups attached to an aromatic ring is 1. The number of nitrogens with two attached hydrogens (primary N) is 1. The van der Waals surface area contributed by atoms with E-state index in [1.165, 1.54) is 18.2 Å². The Morgan fingerprint density at radius 1 is 0.911 bits per heavy atom. The molecule has 0 unspecified atom stereocenters. The van der Waals surface area contributed by atoms with Crippen LogP contribution in [0.1, 0.15) is 31.8 Å². The summed E-state index contributed by atoms with van der Waals surface area (Å²) in [5.41, 5.74) is 9.60. The fraction of sp³-hybridized carbons (Fsp3) is 0.0938. The standard InChI is InChI=1S/C32H24F3N5O5/c33-32(34,35)31(43)45-30(42)25-4-2-1-3-24(25)22-11-14-26-27(15-22)40(17-38-26)18-44-16-19-5-7-21(8-6-19)29(41)39-23-12-9-20(10-13-23)28(36)37/h1-15,17H,16,18H2,(H3,36,37)(H,39,41). The molecule has 5 rings (SSSR count). The molecule has 0 aliphatic rings. The van der Waals surface area contributed by atoms with E-state index >= 15 is 0 Å². The first-order valence-corrected chi connectivity index (χ1v) is 13.3. The number of carbonyl (C=O) groups is 3. The molecule has 0 saturated heterocycles. The smallest absolute Gasteiger partial charge is 0.384 e. The molecule has 45 heavy (non-hydrogen) atoms. The highest BCUT2D eigenvalue weighted by Crippen LogP contribution is 2.28. The topological polar surface area (TPSA) is 149 Å². The molecule has 0 spiro atoms. The summed E-state index contributed by atoms with van der Waals surface area (Å²) in [7, 11) is 0. The van der Waals surface area contributed by atoms with Gasteiger partial charge in [0.05, 0.1) is 29.5 Å². The number of hydrogen-bond donors (Lipinski definition) is 3. The molecular formula is C32H24F3N5O5. The van der Waals surface area contributed by atoms with Crippen LogP contribution in [0.4, 0.5) is 18.9 Å². The van der Waals surface area contributed by atoms with Gasteiger partial charge in [0.25, 0.3) is 5.91 Å². The van der Waals surface area contributed by atoms with Crippen molar-refractivity contribution in [3.05, 3.63) is 120 Å². The van der Waals surface area contributed by atoms with Crippen molar-refractivity contribution in [2.75, 3.05) is 5.32 Å². The number of carbonyl (C=O) groups excluding carboxylic acids is 3. The third-order valence-corrected chi connectivity index (χ3v) is 6.66. The van der Waals surface area contributed by atoms with Crippen molar-refractivity contribution < 1.29 is 37.0 Å². The van der Waals surface area contributed by atoms with Crippen LogP contribution in [0.25, 0.3) is 22.2 Å². The number of nitrogens with zero attached hydrogens (tertiary/aromatic N) is 2. The monoisotopic (exact) mass is 615 g/mol. The molecule has 13 heteroatoms. The van der Waals surface area contributed by atoms with Gasteiger partial charge in [0, 0.05) is 16.8 Å². The summed E-state index contributed by atoms with van der Waals surface area (Å²) in [4.78, 5) is 40.6. The fourth-order valence-electron chi connectivity index (χ4n) is 4.39. The second-order valence-electron chi connectivity index (χ2n) is 9.76. The lowest BCUT2D eigenvalue weighted by atomic mass is 9.99. The Morgan fingerprint density at radius 3 is 2.29 bits per heavy atom. The number of aromatic nitrogens is 2. The van der Waals surface area contributed by atoms with E-state index in [0.717, 1.165) is 5.56 Å². The highest BCUT2D eigenvalue weighted by Gasteiger charge is 2.42. The first-order valence-electron chi connectivity index (χ1n) is 13.3. The summed E-state index contributed by atoms with van der Waals surface area (Å²) in [5.74, 6) is -4.38. The van der Waals surface area contributed by atoms with Crippen LogP contribution in [0.5, 0.6) is 0 Å². The summed E-state index contributed by atoms with van der Waals surface area (Å²) in [6.07, 6.45) is -3.74. The van der Waals surface area contributed by atoms with Crippen molar-refractivity contribution in [3.8, 4) is 11.1 Å². The molecule has 10 nitrogen and oxygen atoms in total. The van der Waals surface area contributed by atoms with Gasteiger partial charge in [-0.3, -0.25) is 10.2 Å². The van der Waals surface area contributed by atoms with Gasteiger partial charge in [0.2, 0.25) is 0 Å². The first-order chi connectivity index (χ1) is 21.5. The molecule has 1 aromatic heterocycles. The van der Waals surface area contributed by atoms with Crippen LogP contribution in [-0.4, -0.2) is 39.4 Å². The summed E-state index contributed by atoms with van der Waals surface area (Å²) in [6, 6.07) is 24.3. The lowest BCUT2D eigenvalue weighted by Gasteiger charge is -2.11. The van der Waals surface area contributed by atoms with Crippen LogP contribution in [-0.2, 0) is 27.6 Å². The summed E-state index contributed by atoms with van der Waals surface area (Å²) < 4.78 is 49.5. The van der Waals surface area contributed by atoms with E-state index in [1.54, 1.807) is 83.7 Å². The number of benzene rings is 4. The van der Waals surface area contributed by atoms with E-state index < -0.39 is 18.1 Å². The van der Waals surface area contributed by atoms with Crippen LogP contribution in [0, 0.1) is 5.41 Å². The van der Waals surface area contributed by atoms with Gasteiger partial charge in [-0.1, -0.05) is 36.4 Å². The average Bonchev–Trinajstić information content (AvgIpc) is 3.43. The zero-order valence-corrected chi connectivity index (χ0v) is 23.3. The van der Waals surface area contributed by atoms with Gasteiger partial charge in [-0.2, -0.15) is 13.2 Å². The SMILES string of the molecule is N=C(N)c1ccc(NC(=O)c2ccc(COCn3cnc4ccc(-c5ccccc5C(=O)OC(=O)C(F)(F)F)cc43)cc2)cc1. The van der Waals surface area contributed by atoms with Crippen LogP contribution in [0.3, 0.4) is 0 Å². The minimum atomic E-state index is -5.31.